The molecule has 0 amide bonds. The molecule has 2 aliphatic carbocycles. The van der Waals surface area contributed by atoms with E-state index in [0.717, 1.165) is 12.0 Å². The van der Waals surface area contributed by atoms with Crippen LogP contribution in [0.15, 0.2) is 18.2 Å². The van der Waals surface area contributed by atoms with Gasteiger partial charge in [-0.15, -0.1) is 0 Å². The van der Waals surface area contributed by atoms with E-state index in [4.69, 9.17) is 0 Å². The van der Waals surface area contributed by atoms with Gasteiger partial charge in [0, 0.05) is 12.1 Å². The summed E-state index contributed by atoms with van der Waals surface area (Å²) in [6.07, 6.45) is 5.30. The van der Waals surface area contributed by atoms with Gasteiger partial charge in [0.15, 0.2) is 0 Å². The van der Waals surface area contributed by atoms with Gasteiger partial charge >= 0.3 is 0 Å². The number of nitrogens with one attached hydrogen (secondary N) is 1. The Labute approximate surface area is 98.3 Å². The van der Waals surface area contributed by atoms with Crippen molar-refractivity contribution >= 4 is 0 Å². The predicted octanol–water partition coefficient (Wildman–Crippen LogP) is 3.37. The van der Waals surface area contributed by atoms with E-state index in [2.05, 4.69) is 37.4 Å². The molecule has 0 bridgehead atoms. The lowest BCUT2D eigenvalue weighted by Crippen LogP contribution is -2.41. The molecule has 0 spiro atoms. The quantitative estimate of drug-likeness (QED) is 0.797. The number of aryl methyl sites for hydroxylation is 2. The highest BCUT2D eigenvalue weighted by Gasteiger charge is 2.30. The monoisotopic (exact) mass is 215 g/mol. The number of hydrogen-bond donors (Lipinski definition) is 1. The van der Waals surface area contributed by atoms with E-state index in [1.807, 2.05) is 0 Å². The van der Waals surface area contributed by atoms with E-state index in [-0.39, 0.29) is 0 Å². The average molecular weight is 215 g/mol. The Kier molecular flexibility index (Phi) is 2.51. The largest absolute Gasteiger partial charge is 0.307 e. The summed E-state index contributed by atoms with van der Waals surface area (Å²) in [5.41, 5.74) is 4.53. The normalized spacial score (nSPS) is 32.2. The molecule has 1 fully saturated rings. The molecule has 0 aromatic heterocycles. The fourth-order valence-electron chi connectivity index (χ4n) is 3.22. The maximum Gasteiger partial charge on any atom is 0.0328 e. The van der Waals surface area contributed by atoms with Gasteiger partial charge in [-0.1, -0.05) is 30.7 Å². The van der Waals surface area contributed by atoms with Gasteiger partial charge in [0.2, 0.25) is 0 Å². The summed E-state index contributed by atoms with van der Waals surface area (Å²) >= 11 is 0. The number of benzene rings is 1. The van der Waals surface area contributed by atoms with Crippen molar-refractivity contribution in [2.24, 2.45) is 5.92 Å². The molecule has 16 heavy (non-hydrogen) atoms. The van der Waals surface area contributed by atoms with Crippen molar-refractivity contribution in [2.45, 2.75) is 51.6 Å². The van der Waals surface area contributed by atoms with Gasteiger partial charge in [-0.2, -0.15) is 0 Å². The Bertz CT molecular complexity index is 390. The van der Waals surface area contributed by atoms with E-state index in [1.54, 1.807) is 11.1 Å². The summed E-state index contributed by atoms with van der Waals surface area (Å²) in [4.78, 5) is 0. The van der Waals surface area contributed by atoms with Crippen LogP contribution in [-0.2, 0) is 6.42 Å². The van der Waals surface area contributed by atoms with Crippen LogP contribution in [0.4, 0.5) is 0 Å². The van der Waals surface area contributed by atoms with Crippen molar-refractivity contribution in [3.8, 4) is 0 Å². The van der Waals surface area contributed by atoms with E-state index >= 15 is 0 Å². The lowest BCUT2D eigenvalue weighted by molar-refractivity contribution is 0.222. The summed E-state index contributed by atoms with van der Waals surface area (Å²) in [6, 6.07) is 8.35. The zero-order chi connectivity index (χ0) is 11.1. The molecular weight excluding hydrogens is 194 g/mol. The molecule has 0 saturated heterocycles. The van der Waals surface area contributed by atoms with Gasteiger partial charge in [-0.05, 0) is 49.7 Å². The molecule has 1 unspecified atom stereocenters. The minimum atomic E-state index is 0.632. The summed E-state index contributed by atoms with van der Waals surface area (Å²) < 4.78 is 0. The topological polar surface area (TPSA) is 12.0 Å². The maximum absolute atomic E-state index is 3.83. The van der Waals surface area contributed by atoms with Crippen molar-refractivity contribution in [3.05, 3.63) is 34.9 Å². The Morgan fingerprint density at radius 1 is 1.25 bits per heavy atom. The number of rotatable bonds is 2. The third-order valence-electron chi connectivity index (χ3n) is 4.19. The molecule has 0 aliphatic heterocycles. The standard InChI is InChI=1S/C15H21N/c1-10-3-4-12-5-6-15(14(12)9-10)16-13-7-11(2)8-13/h3-4,9,11,13,15-16H,5-8H2,1-2H3. The highest BCUT2D eigenvalue weighted by atomic mass is 15.0. The minimum absolute atomic E-state index is 0.632. The third-order valence-corrected chi connectivity index (χ3v) is 4.19. The Balaban J connectivity index is 1.73. The van der Waals surface area contributed by atoms with Crippen LogP contribution in [0.25, 0.3) is 0 Å². The molecule has 1 aromatic carbocycles. The first-order valence-corrected chi connectivity index (χ1v) is 6.58. The molecule has 1 heteroatoms. The molecule has 1 nitrogen and oxygen atoms in total. The second-order valence-corrected chi connectivity index (χ2v) is 5.73. The maximum atomic E-state index is 3.83. The Morgan fingerprint density at radius 2 is 2.06 bits per heavy atom. The van der Waals surface area contributed by atoms with Gasteiger partial charge in [0.25, 0.3) is 0 Å². The van der Waals surface area contributed by atoms with Gasteiger partial charge in [-0.25, -0.2) is 0 Å². The molecule has 0 radical (unpaired) electrons. The van der Waals surface area contributed by atoms with Crippen molar-refractivity contribution < 1.29 is 0 Å². The summed E-state index contributed by atoms with van der Waals surface area (Å²) in [5, 5.41) is 3.83. The fraction of sp³-hybridized carbons (Fsp3) is 0.600. The van der Waals surface area contributed by atoms with E-state index in [9.17, 15) is 0 Å². The molecule has 1 aromatic rings. The molecule has 86 valence electrons. The van der Waals surface area contributed by atoms with Gasteiger partial charge in [0.05, 0.1) is 0 Å². The van der Waals surface area contributed by atoms with E-state index < -0.39 is 0 Å². The van der Waals surface area contributed by atoms with Gasteiger partial charge < -0.3 is 5.32 Å². The predicted molar refractivity (Wildman–Crippen MR) is 67.6 cm³/mol. The molecule has 1 atom stereocenters. The van der Waals surface area contributed by atoms with Crippen molar-refractivity contribution in [3.63, 3.8) is 0 Å². The average Bonchev–Trinajstić information content (AvgIpc) is 2.59. The Hall–Kier alpha value is -0.820. The molecule has 3 rings (SSSR count). The van der Waals surface area contributed by atoms with Crippen LogP contribution in [0.2, 0.25) is 0 Å². The van der Waals surface area contributed by atoms with E-state index in [1.165, 1.54) is 31.2 Å². The van der Waals surface area contributed by atoms with Crippen LogP contribution < -0.4 is 5.32 Å². The van der Waals surface area contributed by atoms with Crippen molar-refractivity contribution in [1.29, 1.82) is 0 Å². The number of fused-ring (bicyclic) bond motifs is 1. The lowest BCUT2D eigenvalue weighted by Gasteiger charge is -2.36. The molecular formula is C15H21N. The van der Waals surface area contributed by atoms with Crippen LogP contribution >= 0.6 is 0 Å². The molecule has 1 saturated carbocycles. The first-order valence-electron chi connectivity index (χ1n) is 6.58. The summed E-state index contributed by atoms with van der Waals surface area (Å²) in [6.45, 7) is 4.55. The smallest absolute Gasteiger partial charge is 0.0328 e. The zero-order valence-electron chi connectivity index (χ0n) is 10.3. The summed E-state index contributed by atoms with van der Waals surface area (Å²) in [7, 11) is 0. The third kappa shape index (κ3) is 1.78. The Morgan fingerprint density at radius 3 is 2.81 bits per heavy atom. The minimum Gasteiger partial charge on any atom is -0.307 e. The van der Waals surface area contributed by atoms with E-state index in [0.29, 0.717) is 6.04 Å². The number of hydrogen-bond acceptors (Lipinski definition) is 1. The molecule has 2 aliphatic rings. The second-order valence-electron chi connectivity index (χ2n) is 5.73. The highest BCUT2D eigenvalue weighted by molar-refractivity contribution is 5.37. The van der Waals surface area contributed by atoms with Crippen LogP contribution in [0.5, 0.6) is 0 Å². The highest BCUT2D eigenvalue weighted by Crippen LogP contribution is 2.35. The van der Waals surface area contributed by atoms with Crippen LogP contribution in [0.1, 0.15) is 48.9 Å². The second kappa shape index (κ2) is 3.89. The first-order chi connectivity index (χ1) is 7.72. The van der Waals surface area contributed by atoms with Crippen LogP contribution in [-0.4, -0.2) is 6.04 Å². The van der Waals surface area contributed by atoms with Gasteiger partial charge in [-0.3, -0.25) is 0 Å². The zero-order valence-corrected chi connectivity index (χ0v) is 10.3. The SMILES string of the molecule is Cc1ccc2c(c1)C(NC1CC(C)C1)CC2. The first kappa shape index (κ1) is 10.3. The molecule has 0 heterocycles. The lowest BCUT2D eigenvalue weighted by atomic mass is 9.81. The molecule has 1 N–H and O–H groups in total. The summed E-state index contributed by atoms with van der Waals surface area (Å²) in [5.74, 6) is 0.941. The van der Waals surface area contributed by atoms with Gasteiger partial charge in [0.1, 0.15) is 0 Å². The van der Waals surface area contributed by atoms with Crippen LogP contribution in [0, 0.1) is 12.8 Å². The fourth-order valence-corrected chi connectivity index (χ4v) is 3.22. The van der Waals surface area contributed by atoms with Crippen molar-refractivity contribution in [2.75, 3.05) is 0 Å². The van der Waals surface area contributed by atoms with Crippen LogP contribution in [0.3, 0.4) is 0 Å². The van der Waals surface area contributed by atoms with Crippen molar-refractivity contribution in [1.82, 2.24) is 5.32 Å².